The van der Waals surface area contributed by atoms with Gasteiger partial charge in [-0.1, -0.05) is 0 Å². The van der Waals surface area contributed by atoms with Crippen LogP contribution in [0.1, 0.15) is 0 Å². The van der Waals surface area contributed by atoms with Gasteiger partial charge in [0.1, 0.15) is 0 Å². The van der Waals surface area contributed by atoms with E-state index in [1.54, 1.807) is 12.1 Å². The summed E-state index contributed by atoms with van der Waals surface area (Å²) in [4.78, 5) is 0. The van der Waals surface area contributed by atoms with Crippen LogP contribution >= 0.6 is 34.8 Å². The van der Waals surface area contributed by atoms with Gasteiger partial charge in [0.05, 0.1) is 0 Å². The standard InChI is InChI=1S/C6H2AsCl3O/c8-4-2-1-3(7-11)5(9)6(4)10/h1-2H. The van der Waals surface area contributed by atoms with Crippen molar-refractivity contribution in [1.82, 2.24) is 0 Å². The Kier molecular flexibility index (Phi) is 3.39. The van der Waals surface area contributed by atoms with Crippen LogP contribution in [0, 0.1) is 0 Å². The molecule has 1 aromatic carbocycles. The number of rotatable bonds is 1. The average molecular weight is 271 g/mol. The topological polar surface area (TPSA) is 17.1 Å². The van der Waals surface area contributed by atoms with Crippen molar-refractivity contribution in [1.29, 1.82) is 0 Å². The third-order valence-electron chi connectivity index (χ3n) is 1.11. The second-order valence-corrected chi connectivity index (χ2v) is 4.34. The molecule has 0 heterocycles. The molecule has 1 aromatic rings. The summed E-state index contributed by atoms with van der Waals surface area (Å²) in [6, 6.07) is 3.20. The third-order valence-corrected chi connectivity index (χ3v) is 3.89. The maximum atomic E-state index is 10.5. The molecule has 1 rings (SSSR count). The van der Waals surface area contributed by atoms with Crippen molar-refractivity contribution in [2.75, 3.05) is 0 Å². The average Bonchev–Trinajstić information content (AvgIpc) is 2.01. The van der Waals surface area contributed by atoms with Crippen LogP contribution < -0.4 is 4.35 Å². The van der Waals surface area contributed by atoms with E-state index >= 15 is 0 Å². The van der Waals surface area contributed by atoms with E-state index in [1.807, 2.05) is 0 Å². The van der Waals surface area contributed by atoms with Crippen LogP contribution in [0.3, 0.4) is 0 Å². The summed E-state index contributed by atoms with van der Waals surface area (Å²) in [5.41, 5.74) is 0. The van der Waals surface area contributed by atoms with Crippen LogP contribution in [-0.4, -0.2) is 15.7 Å². The summed E-state index contributed by atoms with van der Waals surface area (Å²) in [5.74, 6) is 0. The van der Waals surface area contributed by atoms with Gasteiger partial charge in [0.25, 0.3) is 0 Å². The Morgan fingerprint density at radius 3 is 2.27 bits per heavy atom. The minimum absolute atomic E-state index is 0.275. The molecule has 0 N–H and O–H groups in total. The van der Waals surface area contributed by atoms with E-state index in [2.05, 4.69) is 0 Å². The number of halogens is 3. The van der Waals surface area contributed by atoms with Gasteiger partial charge >= 0.3 is 85.8 Å². The monoisotopic (exact) mass is 270 g/mol. The van der Waals surface area contributed by atoms with E-state index in [0.29, 0.717) is 14.4 Å². The first-order valence-electron chi connectivity index (χ1n) is 2.63. The predicted octanol–water partition coefficient (Wildman–Crippen LogP) is 2.32. The van der Waals surface area contributed by atoms with Crippen molar-refractivity contribution in [3.8, 4) is 0 Å². The van der Waals surface area contributed by atoms with Crippen molar-refractivity contribution < 1.29 is 3.74 Å². The molecule has 0 bridgehead atoms. The van der Waals surface area contributed by atoms with Gasteiger partial charge in [-0.3, -0.25) is 0 Å². The predicted molar refractivity (Wildman–Crippen MR) is 47.5 cm³/mol. The summed E-state index contributed by atoms with van der Waals surface area (Å²) < 4.78 is 11.1. The molecule has 0 radical (unpaired) electrons. The van der Waals surface area contributed by atoms with E-state index in [9.17, 15) is 3.74 Å². The van der Waals surface area contributed by atoms with Gasteiger partial charge in [0.2, 0.25) is 0 Å². The van der Waals surface area contributed by atoms with Crippen molar-refractivity contribution in [2.45, 2.75) is 0 Å². The molecule has 0 fully saturated rings. The Labute approximate surface area is 85.5 Å². The Morgan fingerprint density at radius 1 is 1.09 bits per heavy atom. The zero-order valence-corrected chi connectivity index (χ0v) is 9.29. The first-order valence-corrected chi connectivity index (χ1v) is 5.47. The minimum atomic E-state index is -1.14. The molecule has 0 saturated carbocycles. The molecule has 0 amide bonds. The van der Waals surface area contributed by atoms with Gasteiger partial charge < -0.3 is 0 Å². The molecule has 0 unspecified atom stereocenters. The van der Waals surface area contributed by atoms with Gasteiger partial charge in [-0.25, -0.2) is 0 Å². The number of benzene rings is 1. The molecule has 0 aromatic heterocycles. The molecular formula is C6H2AsCl3O. The van der Waals surface area contributed by atoms with Gasteiger partial charge in [0.15, 0.2) is 0 Å². The normalized spacial score (nSPS) is 10.5. The zero-order chi connectivity index (χ0) is 8.43. The van der Waals surface area contributed by atoms with E-state index < -0.39 is 15.7 Å². The molecule has 0 spiro atoms. The van der Waals surface area contributed by atoms with Crippen molar-refractivity contribution in [3.05, 3.63) is 27.2 Å². The van der Waals surface area contributed by atoms with Crippen LogP contribution in [0.5, 0.6) is 0 Å². The fourth-order valence-electron chi connectivity index (χ4n) is 0.586. The van der Waals surface area contributed by atoms with Crippen molar-refractivity contribution in [2.24, 2.45) is 0 Å². The summed E-state index contributed by atoms with van der Waals surface area (Å²) >= 11 is 15.9. The van der Waals surface area contributed by atoms with Gasteiger partial charge in [-0.2, -0.15) is 0 Å². The first-order chi connectivity index (χ1) is 5.16. The molecule has 0 saturated heterocycles. The Balaban J connectivity index is 3.36. The Bertz CT molecular complexity index is 300. The summed E-state index contributed by atoms with van der Waals surface area (Å²) in [7, 11) is 0. The van der Waals surface area contributed by atoms with E-state index in [0.717, 1.165) is 0 Å². The van der Waals surface area contributed by atoms with E-state index in [1.165, 1.54) is 0 Å². The van der Waals surface area contributed by atoms with Crippen molar-refractivity contribution >= 4 is 54.8 Å². The molecule has 0 aliphatic carbocycles. The van der Waals surface area contributed by atoms with Crippen molar-refractivity contribution in [3.63, 3.8) is 0 Å². The van der Waals surface area contributed by atoms with Gasteiger partial charge in [-0.05, 0) is 0 Å². The van der Waals surface area contributed by atoms with Crippen LogP contribution in [0.15, 0.2) is 12.1 Å². The molecule has 0 aliphatic heterocycles. The van der Waals surface area contributed by atoms with Crippen LogP contribution in [0.25, 0.3) is 0 Å². The van der Waals surface area contributed by atoms with Gasteiger partial charge in [-0.15, -0.1) is 0 Å². The number of hydrogen-bond donors (Lipinski definition) is 0. The summed E-state index contributed by atoms with van der Waals surface area (Å²) in [6.07, 6.45) is 0. The van der Waals surface area contributed by atoms with E-state index in [-0.39, 0.29) is 5.02 Å². The summed E-state index contributed by atoms with van der Waals surface area (Å²) in [5, 5.41) is 0.959. The maximum absolute atomic E-state index is 10.5. The first kappa shape index (κ1) is 9.54. The molecular weight excluding hydrogens is 269 g/mol. The van der Waals surface area contributed by atoms with Crippen LogP contribution in [-0.2, 0) is 3.74 Å². The molecule has 58 valence electrons. The second-order valence-electron chi connectivity index (χ2n) is 1.79. The SMILES string of the molecule is O=[As]c1ccc(Cl)c(Cl)c1Cl. The fourth-order valence-corrected chi connectivity index (χ4v) is 2.13. The fraction of sp³-hybridized carbons (Fsp3) is 0. The quantitative estimate of drug-likeness (QED) is 0.566. The van der Waals surface area contributed by atoms with Gasteiger partial charge in [0, 0.05) is 0 Å². The summed E-state index contributed by atoms with van der Waals surface area (Å²) in [6.45, 7) is 0. The van der Waals surface area contributed by atoms with Crippen LogP contribution in [0.2, 0.25) is 15.1 Å². The zero-order valence-electron chi connectivity index (χ0n) is 5.14. The second kappa shape index (κ2) is 3.91. The molecule has 1 nitrogen and oxygen atoms in total. The van der Waals surface area contributed by atoms with Crippen LogP contribution in [0.4, 0.5) is 0 Å². The molecule has 5 heteroatoms. The Morgan fingerprint density at radius 2 is 1.73 bits per heavy atom. The Hall–Kier alpha value is 0.448. The molecule has 11 heavy (non-hydrogen) atoms. The van der Waals surface area contributed by atoms with E-state index in [4.69, 9.17) is 34.8 Å². The third kappa shape index (κ3) is 1.97. The molecule has 0 aliphatic rings. The number of hydrogen-bond acceptors (Lipinski definition) is 1. The molecule has 0 atom stereocenters.